The number of ether oxygens (including phenoxy) is 2. The minimum absolute atomic E-state index is 0.370. The highest BCUT2D eigenvalue weighted by Gasteiger charge is 2.22. The van der Waals surface area contributed by atoms with Crippen LogP contribution in [0.15, 0.2) is 0 Å². The predicted octanol–water partition coefficient (Wildman–Crippen LogP) is 1.84. The van der Waals surface area contributed by atoms with E-state index in [1.165, 1.54) is 7.05 Å². The number of rotatable bonds is 2. The van der Waals surface area contributed by atoms with Crippen molar-refractivity contribution in [3.05, 3.63) is 0 Å². The lowest BCUT2D eigenvalue weighted by Gasteiger charge is -2.24. The number of amides is 2. The molecule has 0 aromatic heterocycles. The molecule has 0 fully saturated rings. The van der Waals surface area contributed by atoms with Crippen LogP contribution in [0.1, 0.15) is 41.5 Å². The Kier molecular flexibility index (Phi) is 6.47. The van der Waals surface area contributed by atoms with Gasteiger partial charge in [0.1, 0.15) is 17.7 Å². The Bertz CT molecular complexity index is 394. The molecule has 8 heteroatoms. The highest BCUT2D eigenvalue weighted by atomic mass is 16.7. The first-order chi connectivity index (χ1) is 9.30. The van der Waals surface area contributed by atoms with Crippen molar-refractivity contribution in [2.75, 3.05) is 13.6 Å². The van der Waals surface area contributed by atoms with Gasteiger partial charge in [-0.2, -0.15) is 0 Å². The van der Waals surface area contributed by atoms with Crippen LogP contribution in [0.5, 0.6) is 0 Å². The van der Waals surface area contributed by atoms with Gasteiger partial charge in [-0.1, -0.05) is 0 Å². The summed E-state index contributed by atoms with van der Waals surface area (Å²) in [5.74, 6) is -0.825. The summed E-state index contributed by atoms with van der Waals surface area (Å²) in [7, 11) is 1.38. The van der Waals surface area contributed by atoms with Crippen LogP contribution < -0.4 is 5.48 Å². The van der Waals surface area contributed by atoms with E-state index in [0.717, 1.165) is 4.90 Å². The van der Waals surface area contributed by atoms with Crippen LogP contribution in [-0.4, -0.2) is 47.9 Å². The molecule has 0 aliphatic heterocycles. The van der Waals surface area contributed by atoms with Crippen LogP contribution in [-0.2, 0) is 19.1 Å². The van der Waals surface area contributed by atoms with Crippen molar-refractivity contribution in [3.63, 3.8) is 0 Å². The Balaban J connectivity index is 4.15. The second kappa shape index (κ2) is 7.14. The lowest BCUT2D eigenvalue weighted by atomic mass is 10.2. The third-order valence-corrected chi connectivity index (χ3v) is 1.72. The van der Waals surface area contributed by atoms with Crippen LogP contribution in [0.2, 0.25) is 0 Å². The molecule has 0 saturated carbocycles. The number of nitrogens with zero attached hydrogens (tertiary/aromatic N) is 1. The fourth-order valence-electron chi connectivity index (χ4n) is 1.03. The highest BCUT2D eigenvalue weighted by molar-refractivity contribution is 5.79. The molecule has 21 heavy (non-hydrogen) atoms. The number of hydrogen-bond donors (Lipinski definition) is 1. The quantitative estimate of drug-likeness (QED) is 0.618. The summed E-state index contributed by atoms with van der Waals surface area (Å²) in [4.78, 5) is 39.8. The summed E-state index contributed by atoms with van der Waals surface area (Å²) in [5.41, 5.74) is 0.475. The first kappa shape index (κ1) is 19.0. The minimum Gasteiger partial charge on any atom is -0.444 e. The monoisotopic (exact) mass is 304 g/mol. The van der Waals surface area contributed by atoms with Crippen LogP contribution in [0.25, 0.3) is 0 Å². The van der Waals surface area contributed by atoms with Gasteiger partial charge in [0.25, 0.3) is 0 Å². The zero-order chi connectivity index (χ0) is 16.8. The van der Waals surface area contributed by atoms with E-state index >= 15 is 0 Å². The topological polar surface area (TPSA) is 94.2 Å². The molecule has 0 aliphatic carbocycles. The van der Waals surface area contributed by atoms with E-state index in [1.807, 2.05) is 5.48 Å². The van der Waals surface area contributed by atoms with Gasteiger partial charge in [-0.15, -0.1) is 5.48 Å². The first-order valence-electron chi connectivity index (χ1n) is 6.43. The molecule has 0 bridgehead atoms. The molecule has 0 aromatic carbocycles. The maximum absolute atomic E-state index is 11.6. The maximum Gasteiger partial charge on any atom is 0.441 e. The standard InChI is InChI=1S/C13H24N2O6/c1-12(2,3)19-10(17)14-21-9(16)8-15(7)11(18)20-13(4,5)6/h8H2,1-7H3,(H,14,17). The summed E-state index contributed by atoms with van der Waals surface area (Å²) in [6.07, 6.45) is -1.56. The molecule has 0 rings (SSSR count). The summed E-state index contributed by atoms with van der Waals surface area (Å²) in [6, 6.07) is 0. The van der Waals surface area contributed by atoms with Crippen molar-refractivity contribution >= 4 is 18.2 Å². The van der Waals surface area contributed by atoms with Crippen LogP contribution in [0.3, 0.4) is 0 Å². The molecule has 0 saturated heterocycles. The van der Waals surface area contributed by atoms with Gasteiger partial charge in [-0.05, 0) is 41.5 Å². The Hall–Kier alpha value is -1.99. The van der Waals surface area contributed by atoms with Crippen molar-refractivity contribution in [1.82, 2.24) is 10.4 Å². The average Bonchev–Trinajstić information content (AvgIpc) is 2.21. The van der Waals surface area contributed by atoms with Crippen LogP contribution in [0, 0.1) is 0 Å². The van der Waals surface area contributed by atoms with E-state index in [9.17, 15) is 14.4 Å². The van der Waals surface area contributed by atoms with Gasteiger partial charge in [-0.3, -0.25) is 0 Å². The normalized spacial score (nSPS) is 11.4. The van der Waals surface area contributed by atoms with Gasteiger partial charge in [0.2, 0.25) is 0 Å². The summed E-state index contributed by atoms with van der Waals surface area (Å²) < 4.78 is 9.93. The van der Waals surface area contributed by atoms with Gasteiger partial charge in [0, 0.05) is 7.05 Å². The highest BCUT2D eigenvalue weighted by Crippen LogP contribution is 2.09. The van der Waals surface area contributed by atoms with Gasteiger partial charge in [0.05, 0.1) is 0 Å². The third-order valence-electron chi connectivity index (χ3n) is 1.72. The van der Waals surface area contributed by atoms with Crippen LogP contribution in [0.4, 0.5) is 9.59 Å². The zero-order valence-corrected chi connectivity index (χ0v) is 13.6. The first-order valence-corrected chi connectivity index (χ1v) is 6.43. The van der Waals surface area contributed by atoms with Crippen molar-refractivity contribution in [1.29, 1.82) is 0 Å². The molecular weight excluding hydrogens is 280 g/mol. The average molecular weight is 304 g/mol. The van der Waals surface area contributed by atoms with E-state index < -0.39 is 29.4 Å². The van der Waals surface area contributed by atoms with E-state index in [1.54, 1.807) is 41.5 Å². The molecule has 8 nitrogen and oxygen atoms in total. The molecule has 0 aromatic rings. The molecule has 0 aliphatic rings. The van der Waals surface area contributed by atoms with E-state index in [-0.39, 0.29) is 6.54 Å². The van der Waals surface area contributed by atoms with Gasteiger partial charge < -0.3 is 19.2 Å². The van der Waals surface area contributed by atoms with Gasteiger partial charge in [0.15, 0.2) is 0 Å². The fraction of sp³-hybridized carbons (Fsp3) is 0.769. The lowest BCUT2D eigenvalue weighted by Crippen LogP contribution is -2.40. The number of likely N-dealkylation sites (N-methyl/N-ethyl adjacent to an activating group) is 1. The largest absolute Gasteiger partial charge is 0.444 e. The molecule has 1 N–H and O–H groups in total. The summed E-state index contributed by atoms with van der Waals surface area (Å²) in [5, 5.41) is 0. The molecule has 122 valence electrons. The Morgan fingerprint density at radius 2 is 1.43 bits per heavy atom. The second-order valence-corrected chi connectivity index (χ2v) is 6.41. The summed E-state index contributed by atoms with van der Waals surface area (Å²) >= 11 is 0. The lowest BCUT2D eigenvalue weighted by molar-refractivity contribution is -0.151. The third kappa shape index (κ3) is 10.5. The van der Waals surface area contributed by atoms with Crippen molar-refractivity contribution < 1.29 is 28.7 Å². The van der Waals surface area contributed by atoms with Crippen molar-refractivity contribution in [3.8, 4) is 0 Å². The summed E-state index contributed by atoms with van der Waals surface area (Å²) in [6.45, 7) is 9.77. The molecular formula is C13H24N2O6. The number of hydrogen-bond acceptors (Lipinski definition) is 6. The smallest absolute Gasteiger partial charge is 0.441 e. The fourth-order valence-corrected chi connectivity index (χ4v) is 1.03. The van der Waals surface area contributed by atoms with Gasteiger partial charge in [-0.25, -0.2) is 14.4 Å². The molecule has 0 atom stereocenters. The Morgan fingerprint density at radius 1 is 0.952 bits per heavy atom. The van der Waals surface area contributed by atoms with Crippen LogP contribution >= 0.6 is 0 Å². The number of carbonyl (C=O) groups excluding carboxylic acids is 3. The molecule has 0 spiro atoms. The SMILES string of the molecule is CN(CC(=O)ONC(=O)OC(C)(C)C)C(=O)OC(C)(C)C. The predicted molar refractivity (Wildman–Crippen MR) is 74.3 cm³/mol. The molecule has 2 amide bonds. The number of nitrogens with one attached hydrogen (secondary N) is 1. The zero-order valence-electron chi connectivity index (χ0n) is 13.6. The van der Waals surface area contributed by atoms with Crippen molar-refractivity contribution in [2.45, 2.75) is 52.7 Å². The molecule has 0 heterocycles. The molecule has 0 unspecified atom stereocenters. The Labute approximate surface area is 124 Å². The molecule has 0 radical (unpaired) electrons. The number of carbonyl (C=O) groups is 3. The van der Waals surface area contributed by atoms with E-state index in [0.29, 0.717) is 0 Å². The van der Waals surface area contributed by atoms with E-state index in [4.69, 9.17) is 9.47 Å². The van der Waals surface area contributed by atoms with E-state index in [2.05, 4.69) is 4.84 Å². The maximum atomic E-state index is 11.6. The minimum atomic E-state index is -0.893. The second-order valence-electron chi connectivity index (χ2n) is 6.41. The Morgan fingerprint density at radius 3 is 1.86 bits per heavy atom. The van der Waals surface area contributed by atoms with Gasteiger partial charge >= 0.3 is 18.2 Å². The number of hydroxylamine groups is 1. The van der Waals surface area contributed by atoms with Crippen molar-refractivity contribution in [2.24, 2.45) is 0 Å².